The average Bonchev–Trinajstić information content (AvgIpc) is 2.70. The number of amides is 1. The van der Waals surface area contributed by atoms with Gasteiger partial charge in [0.25, 0.3) is 0 Å². The lowest BCUT2D eigenvalue weighted by Crippen LogP contribution is -2.52. The smallest absolute Gasteiger partial charge is 0.410 e. The topological polar surface area (TPSA) is 76.1 Å². The van der Waals surface area contributed by atoms with E-state index in [9.17, 15) is 14.7 Å². The SMILES string of the molecule is CC(C)(CO[Si](C)(C)C(C)(C)C)C1CC(C(=O)O)CN(C(=O)OCc2ccccc2)C1. The summed E-state index contributed by atoms with van der Waals surface area (Å²) < 4.78 is 12.0. The molecule has 174 valence electrons. The second-order valence-corrected chi connectivity index (χ2v) is 15.8. The highest BCUT2D eigenvalue weighted by atomic mass is 28.4. The zero-order valence-corrected chi connectivity index (χ0v) is 21.1. The number of aliphatic carboxylic acids is 1. The summed E-state index contributed by atoms with van der Waals surface area (Å²) in [6.07, 6.45) is 0.0759. The number of hydrogen-bond acceptors (Lipinski definition) is 4. The molecule has 0 aliphatic carbocycles. The molecule has 31 heavy (non-hydrogen) atoms. The number of carbonyl (C=O) groups excluding carboxylic acids is 1. The number of carboxylic acid groups (broad SMARTS) is 1. The van der Waals surface area contributed by atoms with Crippen LogP contribution in [0.2, 0.25) is 18.1 Å². The minimum Gasteiger partial charge on any atom is -0.481 e. The Bertz CT molecular complexity index is 757. The first-order valence-electron chi connectivity index (χ1n) is 11.1. The molecular weight excluding hydrogens is 410 g/mol. The maximum absolute atomic E-state index is 12.7. The van der Waals surface area contributed by atoms with E-state index in [0.29, 0.717) is 19.6 Å². The molecule has 6 nitrogen and oxygen atoms in total. The number of piperidine rings is 1. The van der Waals surface area contributed by atoms with Crippen LogP contribution in [0.15, 0.2) is 30.3 Å². The highest BCUT2D eigenvalue weighted by Gasteiger charge is 2.44. The first-order valence-corrected chi connectivity index (χ1v) is 14.0. The minimum absolute atomic E-state index is 0.0105. The molecule has 1 aliphatic rings. The number of benzene rings is 1. The van der Waals surface area contributed by atoms with E-state index in [1.807, 2.05) is 30.3 Å². The Balaban J connectivity index is 2.08. The molecular formula is C24H39NO5Si. The van der Waals surface area contributed by atoms with Gasteiger partial charge < -0.3 is 19.2 Å². The van der Waals surface area contributed by atoms with Crippen molar-refractivity contribution in [2.24, 2.45) is 17.3 Å². The van der Waals surface area contributed by atoms with Crippen molar-refractivity contribution in [3.63, 3.8) is 0 Å². The van der Waals surface area contributed by atoms with Gasteiger partial charge >= 0.3 is 12.1 Å². The van der Waals surface area contributed by atoms with Crippen molar-refractivity contribution in [2.75, 3.05) is 19.7 Å². The van der Waals surface area contributed by atoms with Gasteiger partial charge in [-0.1, -0.05) is 65.0 Å². The van der Waals surface area contributed by atoms with Crippen LogP contribution in [0.4, 0.5) is 4.79 Å². The van der Waals surface area contributed by atoms with Crippen LogP contribution in [0.5, 0.6) is 0 Å². The normalized spacial score (nSPS) is 20.4. The van der Waals surface area contributed by atoms with Gasteiger partial charge in [-0.2, -0.15) is 0 Å². The van der Waals surface area contributed by atoms with E-state index in [0.717, 1.165) is 5.56 Å². The molecule has 0 aromatic heterocycles. The number of hydrogen-bond donors (Lipinski definition) is 1. The number of carboxylic acids is 1. The Kier molecular flexibility index (Phi) is 7.98. The second-order valence-electron chi connectivity index (χ2n) is 11.0. The number of carbonyl (C=O) groups is 2. The van der Waals surface area contributed by atoms with Gasteiger partial charge in [-0.15, -0.1) is 0 Å². The second kappa shape index (κ2) is 9.73. The fraction of sp³-hybridized carbons (Fsp3) is 0.667. The quantitative estimate of drug-likeness (QED) is 0.565. The van der Waals surface area contributed by atoms with E-state index in [4.69, 9.17) is 9.16 Å². The molecule has 0 spiro atoms. The number of rotatable bonds is 7. The summed E-state index contributed by atoms with van der Waals surface area (Å²) in [5.74, 6) is -1.46. The van der Waals surface area contributed by atoms with Crippen LogP contribution in [0, 0.1) is 17.3 Å². The van der Waals surface area contributed by atoms with Gasteiger partial charge in [0, 0.05) is 19.7 Å². The van der Waals surface area contributed by atoms with Crippen molar-refractivity contribution in [1.82, 2.24) is 4.90 Å². The molecule has 2 atom stereocenters. The Morgan fingerprint density at radius 3 is 2.26 bits per heavy atom. The molecule has 2 rings (SSSR count). The van der Waals surface area contributed by atoms with Gasteiger partial charge in [0.1, 0.15) is 6.61 Å². The van der Waals surface area contributed by atoms with Crippen LogP contribution in [0.3, 0.4) is 0 Å². The lowest BCUT2D eigenvalue weighted by atomic mass is 9.72. The van der Waals surface area contributed by atoms with Crippen molar-refractivity contribution < 1.29 is 23.9 Å². The molecule has 1 aromatic carbocycles. The summed E-state index contributed by atoms with van der Waals surface area (Å²) in [5.41, 5.74) is 0.643. The molecule has 1 amide bonds. The summed E-state index contributed by atoms with van der Waals surface area (Å²) >= 11 is 0. The van der Waals surface area contributed by atoms with Crippen molar-refractivity contribution in [2.45, 2.75) is 65.8 Å². The zero-order chi connectivity index (χ0) is 23.4. The number of ether oxygens (including phenoxy) is 1. The predicted octanol–water partition coefficient (Wildman–Crippen LogP) is 5.39. The van der Waals surface area contributed by atoms with Crippen molar-refractivity contribution in [1.29, 1.82) is 0 Å². The zero-order valence-electron chi connectivity index (χ0n) is 20.1. The van der Waals surface area contributed by atoms with Gasteiger partial charge in [0.15, 0.2) is 8.32 Å². The maximum atomic E-state index is 12.7. The van der Waals surface area contributed by atoms with Gasteiger partial charge in [0.05, 0.1) is 5.92 Å². The lowest BCUT2D eigenvalue weighted by molar-refractivity contribution is -0.145. The Morgan fingerprint density at radius 2 is 1.71 bits per heavy atom. The molecule has 1 heterocycles. The van der Waals surface area contributed by atoms with Crippen LogP contribution in [-0.2, 0) is 20.6 Å². The van der Waals surface area contributed by atoms with E-state index in [2.05, 4.69) is 47.7 Å². The lowest BCUT2D eigenvalue weighted by Gasteiger charge is -2.45. The molecule has 1 aliphatic heterocycles. The molecule has 0 saturated carbocycles. The molecule has 1 aromatic rings. The van der Waals surface area contributed by atoms with E-state index in [-0.39, 0.29) is 29.5 Å². The molecule has 0 radical (unpaired) electrons. The van der Waals surface area contributed by atoms with Gasteiger partial charge in [0.2, 0.25) is 0 Å². The first-order chi connectivity index (χ1) is 14.2. The summed E-state index contributed by atoms with van der Waals surface area (Å²) in [5, 5.41) is 9.80. The molecule has 2 unspecified atom stereocenters. The van der Waals surface area contributed by atoms with E-state index < -0.39 is 26.3 Å². The number of nitrogens with zero attached hydrogens (tertiary/aromatic N) is 1. The maximum Gasteiger partial charge on any atom is 0.410 e. The third kappa shape index (κ3) is 6.81. The molecule has 0 bridgehead atoms. The van der Waals surface area contributed by atoms with Crippen LogP contribution in [-0.4, -0.2) is 50.1 Å². The minimum atomic E-state index is -1.93. The Labute approximate surface area is 188 Å². The van der Waals surface area contributed by atoms with E-state index in [1.54, 1.807) is 4.90 Å². The van der Waals surface area contributed by atoms with Crippen LogP contribution in [0.25, 0.3) is 0 Å². The standard InChI is InChI=1S/C24H39NO5Si/c1-23(2,3)31(6,7)30-17-24(4,5)20-13-19(21(26)27)14-25(15-20)22(28)29-16-18-11-9-8-10-12-18/h8-12,19-20H,13-17H2,1-7H3,(H,26,27). The highest BCUT2D eigenvalue weighted by molar-refractivity contribution is 6.74. The predicted molar refractivity (Wildman–Crippen MR) is 124 cm³/mol. The highest BCUT2D eigenvalue weighted by Crippen LogP contribution is 2.41. The summed E-state index contributed by atoms with van der Waals surface area (Å²) in [4.78, 5) is 26.1. The Morgan fingerprint density at radius 1 is 1.10 bits per heavy atom. The van der Waals surface area contributed by atoms with Gasteiger partial charge in [-0.05, 0) is 41.4 Å². The largest absolute Gasteiger partial charge is 0.481 e. The van der Waals surface area contributed by atoms with E-state index in [1.165, 1.54) is 0 Å². The molecule has 7 heteroatoms. The van der Waals surface area contributed by atoms with Gasteiger partial charge in [-0.3, -0.25) is 4.79 Å². The van der Waals surface area contributed by atoms with Crippen molar-refractivity contribution in [3.8, 4) is 0 Å². The molecule has 1 N–H and O–H groups in total. The number of likely N-dealkylation sites (tertiary alicyclic amines) is 1. The summed E-state index contributed by atoms with van der Waals surface area (Å²) in [7, 11) is -1.93. The van der Waals surface area contributed by atoms with Crippen molar-refractivity contribution in [3.05, 3.63) is 35.9 Å². The first kappa shape index (κ1) is 25.4. The van der Waals surface area contributed by atoms with Crippen LogP contribution < -0.4 is 0 Å². The monoisotopic (exact) mass is 449 g/mol. The molecule has 1 fully saturated rings. The van der Waals surface area contributed by atoms with Crippen LogP contribution in [0.1, 0.15) is 46.6 Å². The van der Waals surface area contributed by atoms with E-state index >= 15 is 0 Å². The van der Waals surface area contributed by atoms with Crippen molar-refractivity contribution >= 4 is 20.4 Å². The molecule has 1 saturated heterocycles. The fourth-order valence-corrected chi connectivity index (χ4v) is 4.67. The van der Waals surface area contributed by atoms with Gasteiger partial charge in [-0.25, -0.2) is 4.79 Å². The Hall–Kier alpha value is -1.86. The third-order valence-corrected chi connectivity index (χ3v) is 11.5. The average molecular weight is 450 g/mol. The summed E-state index contributed by atoms with van der Waals surface area (Å²) in [6, 6.07) is 9.49. The summed E-state index contributed by atoms with van der Waals surface area (Å²) in [6.45, 7) is 16.7. The fourth-order valence-electron chi connectivity index (χ4n) is 3.50. The van der Waals surface area contributed by atoms with Crippen LogP contribution >= 0.6 is 0 Å². The third-order valence-electron chi connectivity index (χ3n) is 6.98.